The molecule has 1 N–H and O–H groups in total. The van der Waals surface area contributed by atoms with Crippen LogP contribution in [0.1, 0.15) is 25.5 Å². The molecule has 1 fully saturated rings. The topological polar surface area (TPSA) is 42.6 Å². The van der Waals surface area contributed by atoms with Gasteiger partial charge in [-0.2, -0.15) is 0 Å². The van der Waals surface area contributed by atoms with E-state index in [0.717, 1.165) is 0 Å². The van der Waals surface area contributed by atoms with Crippen molar-refractivity contribution in [3.05, 3.63) is 24.2 Å². The van der Waals surface area contributed by atoms with E-state index in [9.17, 15) is 5.11 Å². The van der Waals surface area contributed by atoms with Gasteiger partial charge >= 0.3 is 0 Å². The Labute approximate surface area is 77.3 Å². The van der Waals surface area contributed by atoms with E-state index in [0.29, 0.717) is 25.2 Å². The van der Waals surface area contributed by atoms with Crippen molar-refractivity contribution in [2.24, 2.45) is 0 Å². The van der Waals surface area contributed by atoms with Crippen LogP contribution < -0.4 is 0 Å². The van der Waals surface area contributed by atoms with E-state index in [2.05, 4.69) is 0 Å². The average molecular weight is 182 g/mol. The third-order valence-corrected chi connectivity index (χ3v) is 2.51. The maximum absolute atomic E-state index is 9.99. The lowest BCUT2D eigenvalue weighted by Gasteiger charge is -2.41. The number of furan rings is 1. The van der Waals surface area contributed by atoms with Gasteiger partial charge in [-0.25, -0.2) is 0 Å². The van der Waals surface area contributed by atoms with Gasteiger partial charge in [0.15, 0.2) is 0 Å². The first-order valence-electron chi connectivity index (χ1n) is 4.62. The summed E-state index contributed by atoms with van der Waals surface area (Å²) >= 11 is 0. The number of hydrogen-bond acceptors (Lipinski definition) is 3. The molecule has 2 rings (SSSR count). The first-order valence-corrected chi connectivity index (χ1v) is 4.62. The Morgan fingerprint density at radius 2 is 2.46 bits per heavy atom. The summed E-state index contributed by atoms with van der Waals surface area (Å²) in [5.41, 5.74) is -0.774. The van der Waals surface area contributed by atoms with Crippen molar-refractivity contribution in [2.75, 3.05) is 6.61 Å². The van der Waals surface area contributed by atoms with Crippen LogP contribution in [0.2, 0.25) is 0 Å². The molecule has 0 saturated heterocycles. The van der Waals surface area contributed by atoms with Crippen LogP contribution in [0.25, 0.3) is 0 Å². The minimum absolute atomic E-state index is 0.195. The highest BCUT2D eigenvalue weighted by molar-refractivity contribution is 5.14. The third-order valence-electron chi connectivity index (χ3n) is 2.51. The maximum Gasteiger partial charge on any atom is 0.135 e. The third kappa shape index (κ3) is 1.49. The molecule has 0 amide bonds. The minimum Gasteiger partial charge on any atom is -0.466 e. The lowest BCUT2D eigenvalue weighted by Crippen LogP contribution is -2.45. The highest BCUT2D eigenvalue weighted by Gasteiger charge is 2.46. The summed E-state index contributed by atoms with van der Waals surface area (Å²) in [6.45, 7) is 2.67. The second kappa shape index (κ2) is 3.16. The van der Waals surface area contributed by atoms with Crippen molar-refractivity contribution in [3.63, 3.8) is 0 Å². The summed E-state index contributed by atoms with van der Waals surface area (Å²) in [6, 6.07) is 3.60. The smallest absolute Gasteiger partial charge is 0.135 e. The Morgan fingerprint density at radius 3 is 3.00 bits per heavy atom. The van der Waals surface area contributed by atoms with Crippen molar-refractivity contribution in [1.29, 1.82) is 0 Å². The molecule has 3 heteroatoms. The molecule has 0 atom stereocenters. The fourth-order valence-corrected chi connectivity index (χ4v) is 1.79. The van der Waals surface area contributed by atoms with Gasteiger partial charge in [-0.1, -0.05) is 0 Å². The summed E-state index contributed by atoms with van der Waals surface area (Å²) < 4.78 is 10.5. The van der Waals surface area contributed by atoms with E-state index in [1.807, 2.05) is 13.0 Å². The Bertz CT molecular complexity index is 260. The SMILES string of the molecule is CCOC1CC(O)(c2ccco2)C1. The number of aliphatic hydroxyl groups is 1. The Hall–Kier alpha value is -0.800. The standard InChI is InChI=1S/C10H14O3/c1-2-12-8-6-10(11,7-8)9-4-3-5-13-9/h3-5,8,11H,2,6-7H2,1H3. The number of rotatable bonds is 3. The lowest BCUT2D eigenvalue weighted by molar-refractivity contribution is -0.152. The first-order chi connectivity index (χ1) is 6.24. The number of hydrogen-bond donors (Lipinski definition) is 1. The summed E-state index contributed by atoms with van der Waals surface area (Å²) in [7, 11) is 0. The highest BCUT2D eigenvalue weighted by Crippen LogP contribution is 2.42. The van der Waals surface area contributed by atoms with Gasteiger partial charge in [0.25, 0.3) is 0 Å². The van der Waals surface area contributed by atoms with E-state index >= 15 is 0 Å². The van der Waals surface area contributed by atoms with Gasteiger partial charge in [0.1, 0.15) is 11.4 Å². The molecular formula is C10H14O3. The van der Waals surface area contributed by atoms with Crippen molar-refractivity contribution in [1.82, 2.24) is 0 Å². The predicted molar refractivity (Wildman–Crippen MR) is 47.3 cm³/mol. The van der Waals surface area contributed by atoms with Crippen molar-refractivity contribution in [2.45, 2.75) is 31.5 Å². The molecule has 13 heavy (non-hydrogen) atoms. The van der Waals surface area contributed by atoms with E-state index in [1.165, 1.54) is 0 Å². The van der Waals surface area contributed by atoms with E-state index in [4.69, 9.17) is 9.15 Å². The van der Waals surface area contributed by atoms with Crippen molar-refractivity contribution in [3.8, 4) is 0 Å². The summed E-state index contributed by atoms with van der Waals surface area (Å²) in [4.78, 5) is 0. The van der Waals surface area contributed by atoms with Crippen LogP contribution in [-0.4, -0.2) is 17.8 Å². The van der Waals surface area contributed by atoms with Crippen LogP contribution in [0.3, 0.4) is 0 Å². The van der Waals surface area contributed by atoms with Crippen LogP contribution >= 0.6 is 0 Å². The normalized spacial score (nSPS) is 32.9. The molecule has 3 nitrogen and oxygen atoms in total. The Kier molecular flexibility index (Phi) is 2.14. The predicted octanol–water partition coefficient (Wildman–Crippen LogP) is 1.67. The molecule has 0 aliphatic heterocycles. The molecule has 0 unspecified atom stereocenters. The maximum atomic E-state index is 9.99. The monoisotopic (exact) mass is 182 g/mol. The van der Waals surface area contributed by atoms with Gasteiger partial charge in [0, 0.05) is 19.4 Å². The van der Waals surface area contributed by atoms with Crippen LogP contribution in [0.4, 0.5) is 0 Å². The molecule has 0 radical (unpaired) electrons. The second-order valence-corrected chi connectivity index (χ2v) is 3.49. The van der Waals surface area contributed by atoms with Crippen LogP contribution in [0, 0.1) is 0 Å². The molecule has 0 aromatic carbocycles. The largest absolute Gasteiger partial charge is 0.466 e. The van der Waals surface area contributed by atoms with Crippen molar-refractivity contribution >= 4 is 0 Å². The Morgan fingerprint density at radius 1 is 1.69 bits per heavy atom. The average Bonchev–Trinajstić information content (AvgIpc) is 2.53. The van der Waals surface area contributed by atoms with Crippen LogP contribution in [0.15, 0.2) is 22.8 Å². The summed E-state index contributed by atoms with van der Waals surface area (Å²) in [5.74, 6) is 0.656. The first kappa shape index (κ1) is 8.78. The summed E-state index contributed by atoms with van der Waals surface area (Å²) in [6.07, 6.45) is 3.07. The van der Waals surface area contributed by atoms with Crippen LogP contribution in [-0.2, 0) is 10.3 Å². The molecule has 1 aliphatic carbocycles. The zero-order valence-corrected chi connectivity index (χ0v) is 7.69. The number of ether oxygens (including phenoxy) is 1. The molecule has 1 aliphatic rings. The zero-order chi connectivity index (χ0) is 9.31. The fourth-order valence-electron chi connectivity index (χ4n) is 1.79. The van der Waals surface area contributed by atoms with Gasteiger partial charge in [-0.3, -0.25) is 0 Å². The van der Waals surface area contributed by atoms with E-state index < -0.39 is 5.60 Å². The molecule has 1 saturated carbocycles. The Balaban J connectivity index is 1.96. The van der Waals surface area contributed by atoms with Gasteiger partial charge in [-0.05, 0) is 19.1 Å². The molecule has 0 spiro atoms. The lowest BCUT2D eigenvalue weighted by atomic mass is 9.76. The molecule has 72 valence electrons. The minimum atomic E-state index is -0.774. The quantitative estimate of drug-likeness (QED) is 0.773. The fraction of sp³-hybridized carbons (Fsp3) is 0.600. The molecular weight excluding hydrogens is 168 g/mol. The van der Waals surface area contributed by atoms with Crippen LogP contribution in [0.5, 0.6) is 0 Å². The molecule has 1 aromatic heterocycles. The van der Waals surface area contributed by atoms with Gasteiger partial charge in [0.05, 0.1) is 12.4 Å². The highest BCUT2D eigenvalue weighted by atomic mass is 16.5. The van der Waals surface area contributed by atoms with Gasteiger partial charge < -0.3 is 14.3 Å². The van der Waals surface area contributed by atoms with E-state index in [-0.39, 0.29) is 6.10 Å². The van der Waals surface area contributed by atoms with Gasteiger partial charge in [-0.15, -0.1) is 0 Å². The van der Waals surface area contributed by atoms with Gasteiger partial charge in [0.2, 0.25) is 0 Å². The summed E-state index contributed by atoms with van der Waals surface area (Å²) in [5, 5.41) is 9.99. The zero-order valence-electron chi connectivity index (χ0n) is 7.69. The van der Waals surface area contributed by atoms with Crippen molar-refractivity contribution < 1.29 is 14.3 Å². The molecule has 1 heterocycles. The molecule has 0 bridgehead atoms. The molecule has 1 aromatic rings. The second-order valence-electron chi connectivity index (χ2n) is 3.49. The van der Waals surface area contributed by atoms with E-state index in [1.54, 1.807) is 12.3 Å².